The Bertz CT molecular complexity index is 774. The van der Waals surface area contributed by atoms with Gasteiger partial charge in [0.25, 0.3) is 0 Å². The number of unbranched alkanes of at least 4 members (excludes halogenated alkanes) is 20. The summed E-state index contributed by atoms with van der Waals surface area (Å²) < 4.78 is 34.0. The molecule has 0 amide bonds. The van der Waals surface area contributed by atoms with Crippen molar-refractivity contribution < 1.29 is 42.1 Å². The highest BCUT2D eigenvalue weighted by atomic mass is 31.2. The van der Waals surface area contributed by atoms with Crippen molar-refractivity contribution in [2.24, 2.45) is 0 Å². The third kappa shape index (κ3) is 32.9. The minimum atomic E-state index is -4.35. The van der Waals surface area contributed by atoms with E-state index in [-0.39, 0.29) is 25.6 Å². The molecule has 0 aliphatic heterocycles. The highest BCUT2D eigenvalue weighted by Crippen LogP contribution is 2.43. The number of hydrogen-bond donors (Lipinski definition) is 1. The molecule has 0 saturated heterocycles. The Kier molecular flexibility index (Phi) is 29.4. The van der Waals surface area contributed by atoms with E-state index in [1.54, 1.807) is 0 Å². The monoisotopic (exact) mass is 679 g/mol. The predicted molar refractivity (Wildman–Crippen MR) is 188 cm³/mol. The molecule has 1 unspecified atom stereocenters. The smallest absolute Gasteiger partial charge is 0.462 e. The molecule has 0 aromatic heterocycles. The van der Waals surface area contributed by atoms with Gasteiger partial charge in [-0.05, 0) is 12.8 Å². The first-order chi connectivity index (χ1) is 22.0. The number of nitrogens with zero attached hydrogens (tertiary/aromatic N) is 1. The molecule has 46 heavy (non-hydrogen) atoms. The topological polar surface area (TPSA) is 108 Å². The van der Waals surface area contributed by atoms with Crippen molar-refractivity contribution in [1.82, 2.24) is 0 Å². The lowest BCUT2D eigenvalue weighted by Crippen LogP contribution is -2.37. The lowest BCUT2D eigenvalue weighted by molar-refractivity contribution is -0.870. The Morgan fingerprint density at radius 3 is 1.39 bits per heavy atom. The molecule has 2 atom stereocenters. The molecular weight excluding hydrogens is 605 g/mol. The van der Waals surface area contributed by atoms with E-state index in [4.69, 9.17) is 18.5 Å². The molecule has 0 radical (unpaired) electrons. The van der Waals surface area contributed by atoms with Crippen LogP contribution in [0.15, 0.2) is 0 Å². The molecule has 0 aliphatic rings. The maximum absolute atomic E-state index is 12.6. The Morgan fingerprint density at radius 2 is 0.978 bits per heavy atom. The van der Waals surface area contributed by atoms with E-state index in [9.17, 15) is 19.0 Å². The highest BCUT2D eigenvalue weighted by Gasteiger charge is 2.27. The van der Waals surface area contributed by atoms with Gasteiger partial charge in [0.15, 0.2) is 6.10 Å². The third-order valence-corrected chi connectivity index (χ3v) is 9.12. The summed E-state index contributed by atoms with van der Waals surface area (Å²) in [7, 11) is 1.49. The number of ether oxygens (including phenoxy) is 2. The molecule has 0 rings (SSSR count). The standard InChI is InChI=1S/C36H72NO8P/c1-6-8-10-12-14-15-16-17-18-19-20-21-22-23-25-27-29-36(39)45-34(32-42-35(38)28-26-24-13-11-9-7-2)33-44-46(40,41)43-31-30-37(3,4)5/h34H,6-33H2,1-5H3/p+1/t34-/m1/s1. The van der Waals surface area contributed by atoms with E-state index in [0.29, 0.717) is 17.4 Å². The van der Waals surface area contributed by atoms with Crippen LogP contribution in [0.4, 0.5) is 0 Å². The van der Waals surface area contributed by atoms with Gasteiger partial charge in [0.2, 0.25) is 0 Å². The fourth-order valence-electron chi connectivity index (χ4n) is 5.13. The average molecular weight is 679 g/mol. The molecule has 274 valence electrons. The van der Waals surface area contributed by atoms with Crippen LogP contribution in [-0.2, 0) is 32.7 Å². The number of hydrogen-bond acceptors (Lipinski definition) is 7. The van der Waals surface area contributed by atoms with Crippen LogP contribution in [0.5, 0.6) is 0 Å². The number of phosphoric ester groups is 1. The van der Waals surface area contributed by atoms with Crippen molar-refractivity contribution in [1.29, 1.82) is 0 Å². The van der Waals surface area contributed by atoms with E-state index in [2.05, 4.69) is 13.8 Å². The molecule has 1 N–H and O–H groups in total. The summed E-state index contributed by atoms with van der Waals surface area (Å²) in [4.78, 5) is 34.9. The number of carbonyl (C=O) groups is 2. The zero-order chi connectivity index (χ0) is 34.4. The van der Waals surface area contributed by atoms with Crippen LogP contribution < -0.4 is 0 Å². The number of likely N-dealkylation sites (N-methyl/N-ethyl adjacent to an activating group) is 1. The number of quaternary nitrogens is 1. The summed E-state index contributed by atoms with van der Waals surface area (Å²) in [5.74, 6) is -0.801. The number of carbonyl (C=O) groups excluding carboxylic acids is 2. The van der Waals surface area contributed by atoms with E-state index in [0.717, 1.165) is 38.5 Å². The fraction of sp³-hybridized carbons (Fsp3) is 0.944. The Balaban J connectivity index is 4.30. The van der Waals surface area contributed by atoms with Crippen LogP contribution in [0.2, 0.25) is 0 Å². The summed E-state index contributed by atoms with van der Waals surface area (Å²) in [5, 5.41) is 0. The second kappa shape index (κ2) is 30.1. The lowest BCUT2D eigenvalue weighted by Gasteiger charge is -2.24. The van der Waals surface area contributed by atoms with Gasteiger partial charge in [-0.15, -0.1) is 0 Å². The van der Waals surface area contributed by atoms with E-state index in [1.165, 1.54) is 103 Å². The van der Waals surface area contributed by atoms with Gasteiger partial charge in [-0.1, -0.05) is 142 Å². The third-order valence-electron chi connectivity index (χ3n) is 8.14. The van der Waals surface area contributed by atoms with Crippen molar-refractivity contribution in [2.75, 3.05) is 47.5 Å². The first-order valence-corrected chi connectivity index (χ1v) is 20.3. The maximum Gasteiger partial charge on any atom is 0.472 e. The van der Waals surface area contributed by atoms with Gasteiger partial charge in [-0.3, -0.25) is 18.6 Å². The molecule has 0 spiro atoms. The minimum Gasteiger partial charge on any atom is -0.462 e. The van der Waals surface area contributed by atoms with Crippen LogP contribution in [0, 0.1) is 0 Å². The molecule has 0 saturated carbocycles. The molecule has 0 aromatic carbocycles. The van der Waals surface area contributed by atoms with E-state index >= 15 is 0 Å². The largest absolute Gasteiger partial charge is 0.472 e. The summed E-state index contributed by atoms with van der Waals surface area (Å²) in [5.41, 5.74) is 0. The van der Waals surface area contributed by atoms with Crippen molar-refractivity contribution in [2.45, 2.75) is 174 Å². The van der Waals surface area contributed by atoms with Gasteiger partial charge < -0.3 is 18.9 Å². The van der Waals surface area contributed by atoms with Gasteiger partial charge in [-0.2, -0.15) is 0 Å². The number of rotatable bonds is 34. The number of esters is 2. The Hall–Kier alpha value is -0.990. The van der Waals surface area contributed by atoms with Crippen molar-refractivity contribution in [3.63, 3.8) is 0 Å². The zero-order valence-corrected chi connectivity index (χ0v) is 31.5. The van der Waals surface area contributed by atoms with Crippen LogP contribution in [0.3, 0.4) is 0 Å². The predicted octanol–water partition coefficient (Wildman–Crippen LogP) is 9.68. The molecule has 0 bridgehead atoms. The Labute approximate surface area is 283 Å². The van der Waals surface area contributed by atoms with E-state index < -0.39 is 26.5 Å². The van der Waals surface area contributed by atoms with Gasteiger partial charge in [0, 0.05) is 12.8 Å². The van der Waals surface area contributed by atoms with Crippen LogP contribution in [0.1, 0.15) is 168 Å². The van der Waals surface area contributed by atoms with Crippen LogP contribution in [0.25, 0.3) is 0 Å². The SMILES string of the molecule is CCCCCCCCCCCCCCCCCCC(=O)O[C@H](COC(=O)CCCCCCCC)COP(=O)(O)OCC[N+](C)(C)C. The van der Waals surface area contributed by atoms with Gasteiger partial charge in [-0.25, -0.2) is 4.57 Å². The molecule has 9 nitrogen and oxygen atoms in total. The maximum atomic E-state index is 12.6. The normalized spacial score (nSPS) is 13.8. The summed E-state index contributed by atoms with van der Waals surface area (Å²) in [6.07, 6.45) is 26.0. The quantitative estimate of drug-likeness (QED) is 0.0310. The summed E-state index contributed by atoms with van der Waals surface area (Å²) in [6, 6.07) is 0. The zero-order valence-electron chi connectivity index (χ0n) is 30.6. The summed E-state index contributed by atoms with van der Waals surface area (Å²) in [6.45, 7) is 4.36. The van der Waals surface area contributed by atoms with Crippen LogP contribution >= 0.6 is 7.82 Å². The molecule has 0 heterocycles. The lowest BCUT2D eigenvalue weighted by atomic mass is 10.0. The summed E-state index contributed by atoms with van der Waals surface area (Å²) >= 11 is 0. The van der Waals surface area contributed by atoms with E-state index in [1.807, 2.05) is 21.1 Å². The highest BCUT2D eigenvalue weighted by molar-refractivity contribution is 7.47. The molecule has 10 heteroatoms. The average Bonchev–Trinajstić information content (AvgIpc) is 2.99. The van der Waals surface area contributed by atoms with Crippen molar-refractivity contribution in [3.05, 3.63) is 0 Å². The second-order valence-electron chi connectivity index (χ2n) is 14.0. The minimum absolute atomic E-state index is 0.0359. The second-order valence-corrected chi connectivity index (χ2v) is 15.4. The van der Waals surface area contributed by atoms with Crippen molar-refractivity contribution >= 4 is 19.8 Å². The van der Waals surface area contributed by atoms with Gasteiger partial charge in [0.05, 0.1) is 27.7 Å². The number of phosphoric acid groups is 1. The van der Waals surface area contributed by atoms with Gasteiger partial charge >= 0.3 is 19.8 Å². The molecular formula is C36H73NO8P+. The first-order valence-electron chi connectivity index (χ1n) is 18.8. The van der Waals surface area contributed by atoms with Crippen LogP contribution in [-0.4, -0.2) is 74.9 Å². The first kappa shape index (κ1) is 45.0. The van der Waals surface area contributed by atoms with Crippen molar-refractivity contribution in [3.8, 4) is 0 Å². The Morgan fingerprint density at radius 1 is 0.587 bits per heavy atom. The fourth-order valence-corrected chi connectivity index (χ4v) is 5.87. The molecule has 0 fully saturated rings. The molecule has 0 aromatic rings. The van der Waals surface area contributed by atoms with Gasteiger partial charge in [0.1, 0.15) is 19.8 Å². The molecule has 0 aliphatic carbocycles.